The number of nitrogen functional groups attached to an aromatic ring is 1. The number of thioether (sulfide) groups is 1. The monoisotopic (exact) mass is 383 g/mol. The molecule has 0 amide bonds. The molecule has 3 nitrogen and oxygen atoms in total. The van der Waals surface area contributed by atoms with Gasteiger partial charge >= 0.3 is 7.12 Å². The van der Waals surface area contributed by atoms with Crippen LogP contribution in [-0.2, 0) is 9.31 Å². The Kier molecular flexibility index (Phi) is 6.24. The van der Waals surface area contributed by atoms with Crippen molar-refractivity contribution in [2.24, 2.45) is 0 Å². The van der Waals surface area contributed by atoms with E-state index < -0.39 is 0 Å². The van der Waals surface area contributed by atoms with Crippen LogP contribution >= 0.6 is 11.8 Å². The van der Waals surface area contributed by atoms with Gasteiger partial charge in [0.25, 0.3) is 0 Å². The second-order valence-electron chi connectivity index (χ2n) is 8.15. The van der Waals surface area contributed by atoms with Crippen LogP contribution < -0.4 is 11.2 Å². The van der Waals surface area contributed by atoms with E-state index in [9.17, 15) is 0 Å². The van der Waals surface area contributed by atoms with Crippen LogP contribution in [0.2, 0.25) is 0 Å². The molecule has 0 unspecified atom stereocenters. The molecule has 2 aliphatic rings. The highest BCUT2D eigenvalue weighted by atomic mass is 32.2. The molecule has 0 saturated carbocycles. The van der Waals surface area contributed by atoms with Gasteiger partial charge in [-0.15, -0.1) is 0 Å². The number of rotatable bonds is 2. The number of benzene rings is 2. The predicted molar refractivity (Wildman–Crippen MR) is 119 cm³/mol. The second kappa shape index (κ2) is 8.30. The van der Waals surface area contributed by atoms with Crippen LogP contribution in [0, 0.1) is 0 Å². The summed E-state index contributed by atoms with van der Waals surface area (Å²) in [4.78, 5) is 0. The third kappa shape index (κ3) is 4.90. The third-order valence-corrected chi connectivity index (χ3v) is 6.66. The molecule has 2 aromatic carbocycles. The van der Waals surface area contributed by atoms with E-state index in [0.717, 1.165) is 22.3 Å². The van der Waals surface area contributed by atoms with E-state index in [0.29, 0.717) is 0 Å². The molecule has 2 heterocycles. The number of hydrogen-bond donors (Lipinski definition) is 1. The van der Waals surface area contributed by atoms with Gasteiger partial charge < -0.3 is 15.0 Å². The van der Waals surface area contributed by atoms with E-state index in [2.05, 4.69) is 63.7 Å². The van der Waals surface area contributed by atoms with E-state index in [1.54, 1.807) is 0 Å². The average molecular weight is 383 g/mol. The number of nitrogens with two attached hydrogens (primary N) is 1. The minimum Gasteiger partial charge on any atom is -0.399 e. The maximum Gasteiger partial charge on any atom is 0.494 e. The summed E-state index contributed by atoms with van der Waals surface area (Å²) in [6.45, 7) is 8.26. The molecule has 2 N–H and O–H groups in total. The predicted octanol–water partition coefficient (Wildman–Crippen LogP) is 4.75. The van der Waals surface area contributed by atoms with Crippen LogP contribution in [0.4, 0.5) is 5.69 Å². The Morgan fingerprint density at radius 2 is 1.22 bits per heavy atom. The molecule has 144 valence electrons. The van der Waals surface area contributed by atoms with E-state index in [4.69, 9.17) is 15.0 Å². The highest BCUT2D eigenvalue weighted by molar-refractivity contribution is 7.99. The summed E-state index contributed by atoms with van der Waals surface area (Å²) in [5.74, 6) is 2.83. The van der Waals surface area contributed by atoms with Crippen LogP contribution in [0.5, 0.6) is 0 Å². The summed E-state index contributed by atoms with van der Waals surface area (Å²) in [6, 6.07) is 16.2. The van der Waals surface area contributed by atoms with Crippen molar-refractivity contribution in [3.63, 3.8) is 0 Å². The first-order valence-corrected chi connectivity index (χ1v) is 10.8. The molecule has 2 fully saturated rings. The molecule has 2 saturated heterocycles. The Balaban J connectivity index is 0.000000364. The lowest BCUT2D eigenvalue weighted by Crippen LogP contribution is -2.41. The van der Waals surface area contributed by atoms with E-state index in [-0.39, 0.29) is 18.3 Å². The normalized spacial score (nSPS) is 20.2. The molecule has 0 radical (unpaired) electrons. The van der Waals surface area contributed by atoms with E-state index >= 15 is 0 Å². The Hall–Kier alpha value is -1.43. The van der Waals surface area contributed by atoms with Crippen LogP contribution in [0.1, 0.15) is 40.5 Å². The lowest BCUT2D eigenvalue weighted by Gasteiger charge is -2.32. The van der Waals surface area contributed by atoms with Gasteiger partial charge in [-0.25, -0.2) is 0 Å². The molecule has 0 aromatic heterocycles. The fraction of sp³-hybridized carbons (Fsp3) is 0.455. The molecule has 0 spiro atoms. The first-order valence-electron chi connectivity index (χ1n) is 9.68. The van der Waals surface area contributed by atoms with Crippen molar-refractivity contribution in [3.05, 3.63) is 48.5 Å². The van der Waals surface area contributed by atoms with Crippen molar-refractivity contribution >= 4 is 30.0 Å². The van der Waals surface area contributed by atoms with Gasteiger partial charge in [-0.05, 0) is 80.8 Å². The smallest absolute Gasteiger partial charge is 0.399 e. The van der Waals surface area contributed by atoms with Gasteiger partial charge in [0.2, 0.25) is 0 Å². The van der Waals surface area contributed by atoms with Crippen molar-refractivity contribution < 1.29 is 9.31 Å². The summed E-state index contributed by atoms with van der Waals surface area (Å²) >= 11 is 2.07. The molecular weight excluding hydrogens is 353 g/mol. The van der Waals surface area contributed by atoms with Crippen LogP contribution in [0.15, 0.2) is 48.5 Å². The third-order valence-electron chi connectivity index (χ3n) is 5.51. The molecule has 5 heteroatoms. The summed E-state index contributed by atoms with van der Waals surface area (Å²) in [6.07, 6.45) is 2.93. The Morgan fingerprint density at radius 1 is 0.778 bits per heavy atom. The molecule has 4 rings (SSSR count). The fourth-order valence-electron chi connectivity index (χ4n) is 3.00. The minimum atomic E-state index is -0.314. The first kappa shape index (κ1) is 20.3. The zero-order valence-corrected chi connectivity index (χ0v) is 17.6. The summed E-state index contributed by atoms with van der Waals surface area (Å²) in [5, 5.41) is 0. The maximum absolute atomic E-state index is 6.07. The van der Waals surface area contributed by atoms with Gasteiger partial charge in [0.1, 0.15) is 0 Å². The molecule has 0 atom stereocenters. The van der Waals surface area contributed by atoms with Gasteiger partial charge in [-0.1, -0.05) is 36.4 Å². The zero-order valence-electron chi connectivity index (χ0n) is 16.8. The van der Waals surface area contributed by atoms with E-state index in [1.165, 1.54) is 24.3 Å². The van der Waals surface area contributed by atoms with Crippen LogP contribution in [0.25, 0.3) is 11.1 Å². The minimum absolute atomic E-state index is 0.312. The van der Waals surface area contributed by atoms with Crippen LogP contribution in [0.3, 0.4) is 0 Å². The lowest BCUT2D eigenvalue weighted by atomic mass is 9.78. The van der Waals surface area contributed by atoms with Gasteiger partial charge in [0, 0.05) is 5.69 Å². The standard InChI is InChI=1S/C18H22BNO2.C4H8S/c1-17(2)18(3,4)22-19(21-17)15-9-5-13(6-10-15)14-7-11-16(20)12-8-14;1-2-4-5-3-1/h5-12H,20H2,1-4H3;1-4H2. The van der Waals surface area contributed by atoms with E-state index in [1.807, 2.05) is 24.3 Å². The summed E-state index contributed by atoms with van der Waals surface area (Å²) in [5.41, 5.74) is 9.22. The van der Waals surface area contributed by atoms with Gasteiger partial charge in [0.15, 0.2) is 0 Å². The number of anilines is 1. The SMILES string of the molecule is C1CCSC1.CC1(C)OB(c2ccc(-c3ccc(N)cc3)cc2)OC1(C)C. The molecule has 0 aliphatic carbocycles. The molecule has 2 aliphatic heterocycles. The van der Waals surface area contributed by atoms with Crippen molar-refractivity contribution in [1.82, 2.24) is 0 Å². The highest BCUT2D eigenvalue weighted by Crippen LogP contribution is 2.36. The first-order chi connectivity index (χ1) is 12.8. The Labute approximate surface area is 168 Å². The quantitative estimate of drug-likeness (QED) is 0.601. The van der Waals surface area contributed by atoms with Crippen molar-refractivity contribution in [1.29, 1.82) is 0 Å². The van der Waals surface area contributed by atoms with Crippen molar-refractivity contribution in [3.8, 4) is 11.1 Å². The largest absolute Gasteiger partial charge is 0.494 e. The fourth-order valence-corrected chi connectivity index (χ4v) is 4.02. The Morgan fingerprint density at radius 3 is 1.63 bits per heavy atom. The molecule has 27 heavy (non-hydrogen) atoms. The van der Waals surface area contributed by atoms with Gasteiger partial charge in [-0.3, -0.25) is 0 Å². The summed E-state index contributed by atoms with van der Waals surface area (Å²) in [7, 11) is -0.314. The summed E-state index contributed by atoms with van der Waals surface area (Å²) < 4.78 is 12.1. The van der Waals surface area contributed by atoms with Gasteiger partial charge in [-0.2, -0.15) is 11.8 Å². The average Bonchev–Trinajstić information content (AvgIpc) is 3.27. The highest BCUT2D eigenvalue weighted by Gasteiger charge is 2.51. The molecule has 2 aromatic rings. The van der Waals surface area contributed by atoms with Crippen molar-refractivity contribution in [2.75, 3.05) is 17.2 Å². The molecular formula is C22H30BNO2S. The topological polar surface area (TPSA) is 44.5 Å². The lowest BCUT2D eigenvalue weighted by molar-refractivity contribution is 0.00578. The van der Waals surface area contributed by atoms with Gasteiger partial charge in [0.05, 0.1) is 11.2 Å². The second-order valence-corrected chi connectivity index (χ2v) is 9.38. The van der Waals surface area contributed by atoms with Crippen molar-refractivity contribution in [2.45, 2.75) is 51.7 Å². The number of hydrogen-bond acceptors (Lipinski definition) is 4. The van der Waals surface area contributed by atoms with Crippen LogP contribution in [-0.4, -0.2) is 29.8 Å². The maximum atomic E-state index is 6.07. The molecule has 0 bridgehead atoms. The Bertz CT molecular complexity index is 716. The zero-order chi connectivity index (χ0) is 19.5.